The molecular weight excluding hydrogens is 207 g/mol. The fraction of sp³-hybridized carbons (Fsp3) is 0.500. The summed E-state index contributed by atoms with van der Waals surface area (Å²) in [5.41, 5.74) is -1.45. The average molecular weight is 216 g/mol. The number of hydrogen-bond acceptors (Lipinski definition) is 4. The second-order valence-corrected chi connectivity index (χ2v) is 4.93. The van der Waals surface area contributed by atoms with Gasteiger partial charge >= 0.3 is 94.7 Å². The molecule has 0 aliphatic heterocycles. The molecule has 1 atom stereocenters. The van der Waals surface area contributed by atoms with Crippen molar-refractivity contribution in [2.45, 2.75) is 15.5 Å². The molecule has 7 heteroatoms. The molecule has 0 fully saturated rings. The van der Waals surface area contributed by atoms with E-state index in [1.807, 2.05) is 0 Å². The zero-order chi connectivity index (χ0) is 10.5. The second-order valence-electron chi connectivity index (χ2n) is 2.37. The van der Waals surface area contributed by atoms with Crippen LogP contribution in [-0.2, 0) is 19.6 Å². The van der Waals surface area contributed by atoms with Gasteiger partial charge in [0.1, 0.15) is 0 Å². The molecule has 0 aromatic heterocycles. The molecule has 0 rings (SSSR count). The number of rotatable bonds is 5. The summed E-state index contributed by atoms with van der Waals surface area (Å²) in [5, 5.41) is 0. The van der Waals surface area contributed by atoms with Crippen LogP contribution < -0.4 is 0 Å². The molecule has 0 radical (unpaired) electrons. The van der Waals surface area contributed by atoms with Gasteiger partial charge in [0.05, 0.1) is 0 Å². The number of esters is 1. The predicted molar refractivity (Wildman–Crippen MR) is 46.8 cm³/mol. The third kappa shape index (κ3) is 5.43. The van der Waals surface area contributed by atoms with Crippen molar-refractivity contribution in [3.63, 3.8) is 0 Å². The molecule has 0 saturated heterocycles. The normalized spacial score (nSPS) is 13.5. The van der Waals surface area contributed by atoms with E-state index in [-0.39, 0.29) is 6.42 Å². The SMILES string of the molecule is C=CC(=O)OC(C[CH2][Na])S(=O)(=O)O. The maximum absolute atomic E-state index is 10.6. The first kappa shape index (κ1) is 13.1. The summed E-state index contributed by atoms with van der Waals surface area (Å²) in [6.45, 7) is 3.11. The van der Waals surface area contributed by atoms with E-state index in [0.29, 0.717) is 3.67 Å². The van der Waals surface area contributed by atoms with Crippen molar-refractivity contribution < 1.29 is 22.5 Å². The molecule has 70 valence electrons. The molecule has 0 heterocycles. The summed E-state index contributed by atoms with van der Waals surface area (Å²) in [4.78, 5) is 10.6. The van der Waals surface area contributed by atoms with Gasteiger partial charge in [-0.25, -0.2) is 0 Å². The van der Waals surface area contributed by atoms with Crippen LogP contribution in [0.1, 0.15) is 6.42 Å². The molecule has 1 N–H and O–H groups in total. The van der Waals surface area contributed by atoms with Gasteiger partial charge in [0.2, 0.25) is 0 Å². The van der Waals surface area contributed by atoms with Crippen LogP contribution in [0, 0.1) is 0 Å². The van der Waals surface area contributed by atoms with Gasteiger partial charge in [0.15, 0.2) is 0 Å². The standard InChI is InChI=1S/C6H9O5S.Na/c1-3-5(7)11-6(4-2)12(8,9)10;/h3,6H,1-2,4H2,(H,8,9,10);. The first-order valence-corrected chi connectivity index (χ1v) is 6.63. The van der Waals surface area contributed by atoms with E-state index in [9.17, 15) is 13.2 Å². The van der Waals surface area contributed by atoms with Crippen molar-refractivity contribution in [3.8, 4) is 0 Å². The Morgan fingerprint density at radius 1 is 1.69 bits per heavy atom. The minimum absolute atomic E-state index is 0.130. The van der Waals surface area contributed by atoms with Gasteiger partial charge in [-0.1, -0.05) is 0 Å². The molecule has 0 amide bonds. The molecule has 0 spiro atoms. The Hall–Kier alpha value is 0.120. The van der Waals surface area contributed by atoms with Crippen molar-refractivity contribution >= 4 is 44.0 Å². The Morgan fingerprint density at radius 3 is 2.54 bits per heavy atom. The van der Waals surface area contributed by atoms with Crippen molar-refractivity contribution in [2.75, 3.05) is 0 Å². The molecule has 0 aliphatic rings. The molecule has 0 aromatic rings. The quantitative estimate of drug-likeness (QED) is 0.300. The van der Waals surface area contributed by atoms with E-state index in [2.05, 4.69) is 11.3 Å². The van der Waals surface area contributed by atoms with Gasteiger partial charge in [-0.2, -0.15) is 0 Å². The summed E-state index contributed by atoms with van der Waals surface area (Å²) in [7, 11) is -4.30. The minimum atomic E-state index is -4.30. The van der Waals surface area contributed by atoms with Crippen molar-refractivity contribution in [1.29, 1.82) is 0 Å². The number of ether oxygens (including phenoxy) is 1. The van der Waals surface area contributed by atoms with Crippen LogP contribution in [0.5, 0.6) is 0 Å². The molecule has 0 saturated carbocycles. The Bertz CT molecular complexity index is 283. The summed E-state index contributed by atoms with van der Waals surface area (Å²) >= 11 is 0.780. The van der Waals surface area contributed by atoms with Gasteiger partial charge in [-0.3, -0.25) is 0 Å². The number of hydrogen-bond donors (Lipinski definition) is 1. The van der Waals surface area contributed by atoms with E-state index >= 15 is 0 Å². The van der Waals surface area contributed by atoms with E-state index < -0.39 is 21.5 Å². The summed E-state index contributed by atoms with van der Waals surface area (Å²) < 4.78 is 34.9. The van der Waals surface area contributed by atoms with E-state index in [0.717, 1.165) is 34.0 Å². The van der Waals surface area contributed by atoms with Gasteiger partial charge in [-0.15, -0.1) is 0 Å². The van der Waals surface area contributed by atoms with Crippen LogP contribution in [0.2, 0.25) is 3.67 Å². The van der Waals surface area contributed by atoms with Crippen molar-refractivity contribution in [3.05, 3.63) is 12.7 Å². The van der Waals surface area contributed by atoms with Crippen molar-refractivity contribution in [2.24, 2.45) is 0 Å². The molecular formula is C6H9NaO5S. The summed E-state index contributed by atoms with van der Waals surface area (Å²) in [6.07, 6.45) is 0.982. The van der Waals surface area contributed by atoms with Crippen LogP contribution >= 0.6 is 0 Å². The molecule has 5 nitrogen and oxygen atoms in total. The Balaban J connectivity index is 4.44. The first-order valence-electron chi connectivity index (χ1n) is 3.71. The van der Waals surface area contributed by atoms with Crippen molar-refractivity contribution in [1.82, 2.24) is 0 Å². The van der Waals surface area contributed by atoms with E-state index in [1.165, 1.54) is 0 Å². The van der Waals surface area contributed by atoms with Gasteiger partial charge in [0.25, 0.3) is 0 Å². The fourth-order valence-electron chi connectivity index (χ4n) is 0.682. The maximum atomic E-state index is 10.6. The fourth-order valence-corrected chi connectivity index (χ4v) is 2.37. The molecule has 0 aliphatic carbocycles. The van der Waals surface area contributed by atoms with E-state index in [1.54, 1.807) is 0 Å². The van der Waals surface area contributed by atoms with Gasteiger partial charge < -0.3 is 0 Å². The average Bonchev–Trinajstić information content (AvgIpc) is 2.01. The monoisotopic (exact) mass is 216 g/mol. The molecule has 0 bridgehead atoms. The number of carbonyl (C=O) groups is 1. The molecule has 13 heavy (non-hydrogen) atoms. The van der Waals surface area contributed by atoms with Crippen LogP contribution in [0.15, 0.2) is 12.7 Å². The zero-order valence-corrected chi connectivity index (χ0v) is 10.1. The second kappa shape index (κ2) is 5.77. The Labute approximate surface area is 94.3 Å². The first-order chi connectivity index (χ1) is 5.91. The zero-order valence-electron chi connectivity index (χ0n) is 7.26. The van der Waals surface area contributed by atoms with Gasteiger partial charge in [0, 0.05) is 0 Å². The summed E-state index contributed by atoms with van der Waals surface area (Å²) in [6, 6.07) is 0. The molecule has 1 unspecified atom stereocenters. The van der Waals surface area contributed by atoms with Crippen LogP contribution in [0.25, 0.3) is 0 Å². The van der Waals surface area contributed by atoms with E-state index in [4.69, 9.17) is 4.55 Å². The predicted octanol–water partition coefficient (Wildman–Crippen LogP) is -0.0936. The Morgan fingerprint density at radius 2 is 2.23 bits per heavy atom. The third-order valence-corrected chi connectivity index (χ3v) is 2.84. The van der Waals surface area contributed by atoms with Gasteiger partial charge in [-0.05, 0) is 0 Å². The van der Waals surface area contributed by atoms with Crippen LogP contribution in [0.4, 0.5) is 0 Å². The third-order valence-electron chi connectivity index (χ3n) is 1.27. The summed E-state index contributed by atoms with van der Waals surface area (Å²) in [5.74, 6) is -0.849. The topological polar surface area (TPSA) is 80.7 Å². The van der Waals surface area contributed by atoms with Crippen LogP contribution in [-0.4, -0.2) is 52.3 Å². The molecule has 0 aromatic carbocycles. The van der Waals surface area contributed by atoms with Crippen LogP contribution in [0.3, 0.4) is 0 Å². The Kier molecular flexibility index (Phi) is 5.82. The number of carbonyl (C=O) groups excluding carboxylic acids is 1.